The Kier molecular flexibility index (Phi) is 7.70. The molecule has 1 aromatic heterocycles. The average molecular weight is 563 g/mol. The number of carbonyl (C=O) groups is 2. The first kappa shape index (κ1) is 27.1. The molecule has 0 bridgehead atoms. The number of amides is 1. The van der Waals surface area contributed by atoms with Crippen molar-refractivity contribution in [2.45, 2.75) is 26.8 Å². The molecule has 1 fully saturated rings. The molecular weight excluding hydrogens is 535 g/mol. The summed E-state index contributed by atoms with van der Waals surface area (Å²) >= 11 is 1.08. The molecule has 206 valence electrons. The van der Waals surface area contributed by atoms with Crippen molar-refractivity contribution in [2.75, 3.05) is 24.7 Å². The fourth-order valence-corrected chi connectivity index (χ4v) is 5.62. The van der Waals surface area contributed by atoms with Gasteiger partial charge < -0.3 is 19.3 Å². The number of ketones is 1. The zero-order valence-electron chi connectivity index (χ0n) is 22.1. The second-order valence-corrected chi connectivity index (χ2v) is 9.82. The van der Waals surface area contributed by atoms with Gasteiger partial charge in [0, 0.05) is 5.56 Å². The van der Waals surface area contributed by atoms with Gasteiger partial charge in [-0.25, -0.2) is 9.37 Å². The van der Waals surface area contributed by atoms with Crippen molar-refractivity contribution in [1.82, 2.24) is 4.98 Å². The van der Waals surface area contributed by atoms with Crippen molar-refractivity contribution in [1.29, 1.82) is 0 Å². The summed E-state index contributed by atoms with van der Waals surface area (Å²) in [5.74, 6) is -0.965. The number of carbonyl (C=O) groups excluding carboxylic acids is 2. The Balaban J connectivity index is 1.70. The Morgan fingerprint density at radius 1 is 0.925 bits per heavy atom. The molecule has 8 nitrogen and oxygen atoms in total. The molecule has 1 atom stereocenters. The quantitative estimate of drug-likeness (QED) is 0.146. The number of anilines is 1. The third-order valence-corrected chi connectivity index (χ3v) is 7.33. The van der Waals surface area contributed by atoms with Crippen LogP contribution in [0.15, 0.2) is 66.2 Å². The summed E-state index contributed by atoms with van der Waals surface area (Å²) < 4.78 is 31.4. The van der Waals surface area contributed by atoms with Crippen LogP contribution < -0.4 is 19.1 Å². The second-order valence-electron chi connectivity index (χ2n) is 8.81. The Morgan fingerprint density at radius 3 is 2.33 bits per heavy atom. The van der Waals surface area contributed by atoms with E-state index in [0.717, 1.165) is 11.3 Å². The molecule has 0 radical (unpaired) electrons. The molecule has 5 rings (SSSR count). The van der Waals surface area contributed by atoms with E-state index >= 15 is 0 Å². The first-order valence-electron chi connectivity index (χ1n) is 12.9. The van der Waals surface area contributed by atoms with Crippen molar-refractivity contribution < 1.29 is 33.3 Å². The Labute approximate surface area is 234 Å². The van der Waals surface area contributed by atoms with E-state index in [1.807, 2.05) is 20.8 Å². The molecule has 2 heterocycles. The van der Waals surface area contributed by atoms with Crippen LogP contribution in [0.5, 0.6) is 17.2 Å². The van der Waals surface area contributed by atoms with E-state index in [1.165, 1.54) is 23.1 Å². The first-order chi connectivity index (χ1) is 19.4. The van der Waals surface area contributed by atoms with Gasteiger partial charge in [-0.15, -0.1) is 0 Å². The maximum Gasteiger partial charge on any atom is 0.301 e. The molecule has 1 saturated heterocycles. The summed E-state index contributed by atoms with van der Waals surface area (Å²) in [7, 11) is 0. The van der Waals surface area contributed by atoms with Crippen molar-refractivity contribution in [2.24, 2.45) is 0 Å². The van der Waals surface area contributed by atoms with Crippen molar-refractivity contribution in [3.05, 3.63) is 83.2 Å². The number of aliphatic hydroxyl groups excluding tert-OH is 1. The van der Waals surface area contributed by atoms with Gasteiger partial charge in [0.25, 0.3) is 5.78 Å². The summed E-state index contributed by atoms with van der Waals surface area (Å²) in [5, 5.41) is 11.6. The summed E-state index contributed by atoms with van der Waals surface area (Å²) in [6.07, 6.45) is 0. The number of benzene rings is 3. The summed E-state index contributed by atoms with van der Waals surface area (Å²) in [6, 6.07) is 14.8. The number of thiazole rings is 1. The highest BCUT2D eigenvalue weighted by Gasteiger charge is 2.48. The van der Waals surface area contributed by atoms with Gasteiger partial charge in [-0.2, -0.15) is 0 Å². The lowest BCUT2D eigenvalue weighted by Crippen LogP contribution is -2.29. The van der Waals surface area contributed by atoms with Crippen LogP contribution in [0.2, 0.25) is 0 Å². The summed E-state index contributed by atoms with van der Waals surface area (Å²) in [5.41, 5.74) is 1.22. The predicted molar refractivity (Wildman–Crippen MR) is 151 cm³/mol. The third-order valence-electron chi connectivity index (χ3n) is 6.31. The van der Waals surface area contributed by atoms with Crippen LogP contribution >= 0.6 is 11.3 Å². The number of aliphatic hydroxyl groups is 1. The standard InChI is InChI=1S/C30H27FN2O6S/c1-4-37-20-11-7-17(8-12-20)27(34)25-26(18-9-14-22(38-5-2)23(15-18)39-6-3)33(29(36)28(25)35)30-32-21-13-10-19(31)16-24(21)40-30/h7-16,26,34H,4-6H2,1-3H3. The number of hydrogen-bond acceptors (Lipinski definition) is 8. The van der Waals surface area contributed by atoms with Crippen molar-refractivity contribution in [3.8, 4) is 17.2 Å². The van der Waals surface area contributed by atoms with E-state index in [9.17, 15) is 19.1 Å². The largest absolute Gasteiger partial charge is 0.507 e. The Bertz CT molecular complexity index is 1610. The van der Waals surface area contributed by atoms with Crippen molar-refractivity contribution in [3.63, 3.8) is 0 Å². The maximum atomic E-state index is 13.9. The van der Waals surface area contributed by atoms with Gasteiger partial charge in [-0.05, 0) is 80.9 Å². The fraction of sp³-hybridized carbons (Fsp3) is 0.233. The lowest BCUT2D eigenvalue weighted by molar-refractivity contribution is -0.132. The molecule has 1 aliphatic rings. The van der Waals surface area contributed by atoms with Gasteiger partial charge in [0.1, 0.15) is 17.3 Å². The van der Waals surface area contributed by atoms with Gasteiger partial charge in [0.05, 0.1) is 41.7 Å². The molecule has 0 aliphatic carbocycles. The SMILES string of the molecule is CCOc1ccc(C(O)=C2C(=O)C(=O)N(c3nc4ccc(F)cc4s3)C2c2ccc(OCC)c(OCC)c2)cc1. The topological polar surface area (TPSA) is 98.2 Å². The van der Waals surface area contributed by atoms with Crippen molar-refractivity contribution >= 4 is 44.1 Å². The van der Waals surface area contributed by atoms with Gasteiger partial charge in [0.2, 0.25) is 0 Å². The molecule has 0 saturated carbocycles. The smallest absolute Gasteiger partial charge is 0.301 e. The molecule has 3 aromatic carbocycles. The highest BCUT2D eigenvalue weighted by molar-refractivity contribution is 7.22. The number of ether oxygens (including phenoxy) is 3. The minimum atomic E-state index is -1.04. The van der Waals surface area contributed by atoms with Crippen LogP contribution in [0, 0.1) is 5.82 Å². The lowest BCUT2D eigenvalue weighted by Gasteiger charge is -2.24. The van der Waals surface area contributed by atoms with Crippen LogP contribution in [0.3, 0.4) is 0 Å². The van der Waals surface area contributed by atoms with Gasteiger partial charge in [0.15, 0.2) is 16.6 Å². The monoisotopic (exact) mass is 562 g/mol. The van der Waals surface area contributed by atoms with Gasteiger partial charge in [-0.1, -0.05) is 17.4 Å². The summed E-state index contributed by atoms with van der Waals surface area (Å²) in [6.45, 7) is 6.80. The number of nitrogens with zero attached hydrogens (tertiary/aromatic N) is 2. The van der Waals surface area contributed by atoms with E-state index in [-0.39, 0.29) is 16.5 Å². The summed E-state index contributed by atoms with van der Waals surface area (Å²) in [4.78, 5) is 32.9. The molecular formula is C30H27FN2O6S. The minimum absolute atomic E-state index is 0.105. The number of aromatic nitrogens is 1. The van der Waals surface area contributed by atoms with Crippen LogP contribution in [0.25, 0.3) is 16.0 Å². The van der Waals surface area contributed by atoms with Crippen LogP contribution in [0.4, 0.5) is 9.52 Å². The molecule has 1 aliphatic heterocycles. The second kappa shape index (κ2) is 11.4. The number of fused-ring (bicyclic) bond motifs is 1. The van der Waals surface area contributed by atoms with Crippen LogP contribution in [-0.2, 0) is 9.59 Å². The van der Waals surface area contributed by atoms with Gasteiger partial charge in [-0.3, -0.25) is 14.5 Å². The number of Topliss-reactive ketones (excluding diaryl/α,β-unsaturated/α-hetero) is 1. The molecule has 1 N–H and O–H groups in total. The number of halogens is 1. The molecule has 1 amide bonds. The Hall–Kier alpha value is -4.44. The highest BCUT2D eigenvalue weighted by Crippen LogP contribution is 2.46. The Morgan fingerprint density at radius 2 is 1.62 bits per heavy atom. The van der Waals surface area contributed by atoms with E-state index in [0.29, 0.717) is 58.4 Å². The average Bonchev–Trinajstić information content (AvgIpc) is 3.47. The minimum Gasteiger partial charge on any atom is -0.507 e. The molecule has 0 spiro atoms. The lowest BCUT2D eigenvalue weighted by atomic mass is 9.95. The predicted octanol–water partition coefficient (Wildman–Crippen LogP) is 6.26. The van der Waals surface area contributed by atoms with E-state index in [4.69, 9.17) is 14.2 Å². The molecule has 1 unspecified atom stereocenters. The third kappa shape index (κ3) is 4.98. The zero-order chi connectivity index (χ0) is 28.4. The van der Waals surface area contributed by atoms with Gasteiger partial charge >= 0.3 is 5.91 Å². The number of hydrogen-bond donors (Lipinski definition) is 1. The fourth-order valence-electron chi connectivity index (χ4n) is 4.60. The molecule has 4 aromatic rings. The molecule has 10 heteroatoms. The van der Waals surface area contributed by atoms with E-state index in [2.05, 4.69) is 4.98 Å². The first-order valence-corrected chi connectivity index (χ1v) is 13.7. The maximum absolute atomic E-state index is 13.9. The van der Waals surface area contributed by atoms with Crippen LogP contribution in [0.1, 0.15) is 37.9 Å². The normalized spacial score (nSPS) is 16.5. The van der Waals surface area contributed by atoms with E-state index < -0.39 is 23.5 Å². The highest BCUT2D eigenvalue weighted by atomic mass is 32.1. The number of rotatable bonds is 9. The zero-order valence-corrected chi connectivity index (χ0v) is 23.0. The van der Waals surface area contributed by atoms with Crippen LogP contribution in [-0.4, -0.2) is 41.6 Å². The van der Waals surface area contributed by atoms with E-state index in [1.54, 1.807) is 42.5 Å². The molecule has 40 heavy (non-hydrogen) atoms.